The molecule has 36 heavy (non-hydrogen) atoms. The molecule has 0 spiro atoms. The van der Waals surface area contributed by atoms with Crippen LogP contribution in [0.3, 0.4) is 0 Å². The van der Waals surface area contributed by atoms with Crippen molar-refractivity contribution in [3.05, 3.63) is 99.5 Å². The molecule has 0 atom stereocenters. The van der Waals surface area contributed by atoms with Crippen LogP contribution in [0.2, 0.25) is 0 Å². The van der Waals surface area contributed by atoms with Gasteiger partial charge in [-0.3, -0.25) is 0 Å². The van der Waals surface area contributed by atoms with E-state index in [-0.39, 0.29) is 0 Å². The number of hydrogen-bond acceptors (Lipinski definition) is 3. The van der Waals surface area contributed by atoms with E-state index in [1.54, 1.807) is 24.3 Å². The molecule has 0 unspecified atom stereocenters. The Hall–Kier alpha value is -2.92. The van der Waals surface area contributed by atoms with Crippen molar-refractivity contribution in [2.45, 2.75) is 17.2 Å². The molecule has 3 aromatic rings. The van der Waals surface area contributed by atoms with E-state index in [2.05, 4.69) is 15.9 Å². The quantitative estimate of drug-likeness (QED) is 0.212. The fraction of sp³-hybridized carbons (Fsp3) is 0.160. The molecule has 3 rings (SSSR count). The second-order valence-corrected chi connectivity index (χ2v) is 9.27. The minimum absolute atomic E-state index is 0.339. The lowest BCUT2D eigenvalue weighted by Gasteiger charge is -2.13. The smallest absolute Gasteiger partial charge is 0.416 e. The number of rotatable bonds is 8. The van der Waals surface area contributed by atoms with Crippen LogP contribution < -0.4 is 4.74 Å². The maximum atomic E-state index is 13.0. The van der Waals surface area contributed by atoms with Crippen molar-refractivity contribution in [2.75, 3.05) is 12.4 Å². The van der Waals surface area contributed by atoms with E-state index < -0.39 is 36.1 Å². The third-order valence-corrected chi connectivity index (χ3v) is 6.76. The van der Waals surface area contributed by atoms with Crippen LogP contribution in [-0.2, 0) is 17.1 Å². The number of carboxylic acids is 1. The third kappa shape index (κ3) is 7.54. The molecule has 0 saturated heterocycles. The molecule has 0 aliphatic heterocycles. The number of alkyl halides is 6. The zero-order chi connectivity index (χ0) is 26.5. The topological polar surface area (TPSA) is 46.5 Å². The molecule has 190 valence electrons. The summed E-state index contributed by atoms with van der Waals surface area (Å²) in [6.45, 7) is -0.495. The Balaban J connectivity index is 1.87. The highest BCUT2D eigenvalue weighted by Gasteiger charge is 2.31. The summed E-state index contributed by atoms with van der Waals surface area (Å²) in [6.07, 6.45) is -7.31. The predicted molar refractivity (Wildman–Crippen MR) is 128 cm³/mol. The summed E-state index contributed by atoms with van der Waals surface area (Å²) in [6, 6.07) is 13.7. The van der Waals surface area contributed by atoms with E-state index in [9.17, 15) is 31.1 Å². The van der Waals surface area contributed by atoms with Crippen molar-refractivity contribution < 1.29 is 41.0 Å². The normalized spacial score (nSPS) is 11.8. The zero-order valence-corrected chi connectivity index (χ0v) is 20.6. The van der Waals surface area contributed by atoms with E-state index in [0.717, 1.165) is 29.2 Å². The van der Waals surface area contributed by atoms with Crippen LogP contribution in [0.15, 0.2) is 82.2 Å². The number of hydrogen-bond donors (Lipinski definition) is 1. The summed E-state index contributed by atoms with van der Waals surface area (Å²) >= 11 is 4.74. The molecule has 0 amide bonds. The predicted octanol–water partition coefficient (Wildman–Crippen LogP) is 8.17. The van der Waals surface area contributed by atoms with E-state index in [1.165, 1.54) is 36.0 Å². The highest BCUT2D eigenvalue weighted by Crippen LogP contribution is 2.35. The van der Waals surface area contributed by atoms with Crippen molar-refractivity contribution in [1.82, 2.24) is 0 Å². The van der Waals surface area contributed by atoms with Gasteiger partial charge in [0, 0.05) is 15.1 Å². The average molecular weight is 591 g/mol. The summed E-state index contributed by atoms with van der Waals surface area (Å²) in [7, 11) is 0. The molecule has 0 saturated carbocycles. The molecule has 3 nitrogen and oxygen atoms in total. The minimum Gasteiger partial charge on any atom is -0.482 e. The van der Waals surface area contributed by atoms with Gasteiger partial charge in [0.2, 0.25) is 0 Å². The molecule has 1 N–H and O–H groups in total. The van der Waals surface area contributed by atoms with Gasteiger partial charge in [0.1, 0.15) is 5.75 Å². The van der Waals surface area contributed by atoms with Crippen LogP contribution in [-0.4, -0.2) is 23.4 Å². The van der Waals surface area contributed by atoms with Crippen molar-refractivity contribution in [2.24, 2.45) is 0 Å². The Bertz CT molecular complexity index is 1180. The largest absolute Gasteiger partial charge is 0.482 e. The summed E-state index contributed by atoms with van der Waals surface area (Å²) in [4.78, 5) is 11.4. The highest BCUT2D eigenvalue weighted by molar-refractivity contribution is 9.10. The Labute approximate surface area is 214 Å². The lowest BCUT2D eigenvalue weighted by molar-refractivity contribution is -0.139. The van der Waals surface area contributed by atoms with Crippen molar-refractivity contribution in [3.8, 4) is 5.75 Å². The van der Waals surface area contributed by atoms with Gasteiger partial charge in [0.25, 0.3) is 0 Å². The maximum Gasteiger partial charge on any atom is 0.416 e. The number of carbonyl (C=O) groups is 1. The molecule has 0 bridgehead atoms. The molecule has 11 heteroatoms. The molecule has 0 aliphatic carbocycles. The van der Waals surface area contributed by atoms with Gasteiger partial charge in [-0.05, 0) is 75.1 Å². The van der Waals surface area contributed by atoms with E-state index in [4.69, 9.17) is 9.84 Å². The van der Waals surface area contributed by atoms with Gasteiger partial charge >= 0.3 is 18.3 Å². The number of aliphatic carboxylic acids is 1. The molecule has 0 aromatic heterocycles. The van der Waals surface area contributed by atoms with E-state index >= 15 is 0 Å². The monoisotopic (exact) mass is 590 g/mol. The first-order valence-corrected chi connectivity index (χ1v) is 11.9. The molecule has 0 aliphatic rings. The lowest BCUT2D eigenvalue weighted by Crippen LogP contribution is -2.09. The van der Waals surface area contributed by atoms with Crippen LogP contribution in [0.25, 0.3) is 5.57 Å². The van der Waals surface area contributed by atoms with E-state index in [1.807, 2.05) is 0 Å². The van der Waals surface area contributed by atoms with Crippen molar-refractivity contribution in [3.63, 3.8) is 0 Å². The molecular weight excluding hydrogens is 574 g/mol. The average Bonchev–Trinajstić information content (AvgIpc) is 2.81. The Morgan fingerprint density at radius 2 is 1.36 bits per heavy atom. The summed E-state index contributed by atoms with van der Waals surface area (Å²) in [5.41, 5.74) is -0.356. The number of ether oxygens (including phenoxy) is 1. The number of benzene rings is 3. The zero-order valence-electron chi connectivity index (χ0n) is 18.2. The highest BCUT2D eigenvalue weighted by atomic mass is 79.9. The van der Waals surface area contributed by atoms with Crippen molar-refractivity contribution >= 4 is 39.2 Å². The van der Waals surface area contributed by atoms with Gasteiger partial charge in [-0.2, -0.15) is 26.3 Å². The van der Waals surface area contributed by atoms with E-state index in [0.29, 0.717) is 32.7 Å². The van der Waals surface area contributed by atoms with Gasteiger partial charge in [-0.15, -0.1) is 11.8 Å². The standard InChI is InChI=1S/C25H17BrF6O3S/c26-21-13-19(35-14-23(33)34)9-10-22(21)36-12-11-20(15-1-5-17(6-2-15)24(27,28)29)16-3-7-18(8-4-16)25(30,31)32/h1-11,13H,12,14H2,(H,33,34). The third-order valence-electron chi connectivity index (χ3n) is 4.84. The van der Waals surface area contributed by atoms with Gasteiger partial charge in [0.15, 0.2) is 6.61 Å². The van der Waals surface area contributed by atoms with Crippen molar-refractivity contribution in [1.29, 1.82) is 0 Å². The van der Waals surface area contributed by atoms with Gasteiger partial charge in [0.05, 0.1) is 11.1 Å². The lowest BCUT2D eigenvalue weighted by atomic mass is 9.96. The van der Waals surface area contributed by atoms with Gasteiger partial charge < -0.3 is 9.84 Å². The SMILES string of the molecule is O=C(O)COc1ccc(SCC=C(c2ccc(C(F)(F)F)cc2)c2ccc(C(F)(F)F)cc2)c(Br)c1. The van der Waals surface area contributed by atoms with Gasteiger partial charge in [-0.25, -0.2) is 4.79 Å². The number of halogens is 7. The van der Waals surface area contributed by atoms with Crippen LogP contribution >= 0.6 is 27.7 Å². The van der Waals surface area contributed by atoms with Crippen LogP contribution in [0, 0.1) is 0 Å². The van der Waals surface area contributed by atoms with Gasteiger partial charge in [-0.1, -0.05) is 30.3 Å². The minimum atomic E-state index is -4.51. The first-order chi connectivity index (χ1) is 16.8. The fourth-order valence-corrected chi connectivity index (χ4v) is 4.62. The first kappa shape index (κ1) is 27.7. The second kappa shape index (κ2) is 11.4. The van der Waals surface area contributed by atoms with Crippen LogP contribution in [0.4, 0.5) is 26.3 Å². The number of carboxylic acid groups (broad SMARTS) is 1. The second-order valence-electron chi connectivity index (χ2n) is 7.35. The Kier molecular flexibility index (Phi) is 8.78. The van der Waals surface area contributed by atoms with Crippen LogP contribution in [0.5, 0.6) is 5.75 Å². The molecule has 0 heterocycles. The fourth-order valence-electron chi connectivity index (χ4n) is 3.13. The molecular formula is C25H17BrF6O3S. The number of thioether (sulfide) groups is 1. The molecule has 0 radical (unpaired) electrons. The summed E-state index contributed by atoms with van der Waals surface area (Å²) in [5.74, 6) is -0.432. The first-order valence-electron chi connectivity index (χ1n) is 10.2. The maximum absolute atomic E-state index is 13.0. The Morgan fingerprint density at radius 3 is 1.78 bits per heavy atom. The summed E-state index contributed by atoms with van der Waals surface area (Å²) in [5, 5.41) is 8.71. The molecule has 0 fully saturated rings. The Morgan fingerprint density at radius 1 is 0.861 bits per heavy atom. The molecule has 3 aromatic carbocycles. The summed E-state index contributed by atoms with van der Waals surface area (Å²) < 4.78 is 83.6. The van der Waals surface area contributed by atoms with Crippen LogP contribution in [0.1, 0.15) is 22.3 Å².